The number of amides is 1. The predicted octanol–water partition coefficient (Wildman–Crippen LogP) is 1.03. The molecule has 0 bridgehead atoms. The number of hydrogen-bond acceptors (Lipinski definition) is 5. The third-order valence-corrected chi connectivity index (χ3v) is 3.16. The molecule has 0 saturated heterocycles. The van der Waals surface area contributed by atoms with E-state index in [1.54, 1.807) is 25.2 Å². The van der Waals surface area contributed by atoms with Crippen LogP contribution in [0.1, 0.15) is 18.2 Å². The van der Waals surface area contributed by atoms with Crippen molar-refractivity contribution in [3.8, 4) is 0 Å². The number of aromatic nitrogens is 1. The molecule has 1 amide bonds. The normalized spacial score (nSPS) is 10.8. The van der Waals surface area contributed by atoms with Crippen LogP contribution in [0.2, 0.25) is 0 Å². The van der Waals surface area contributed by atoms with Crippen LogP contribution in [0.5, 0.6) is 0 Å². The molecule has 1 aromatic heterocycles. The monoisotopic (exact) mass is 256 g/mol. The van der Waals surface area contributed by atoms with Gasteiger partial charge in [0.2, 0.25) is 5.91 Å². The Labute approximate surface area is 106 Å². The molecule has 0 fully saturated rings. The highest BCUT2D eigenvalue weighted by molar-refractivity contribution is 7.15. The van der Waals surface area contributed by atoms with Gasteiger partial charge in [0.25, 0.3) is 0 Å². The van der Waals surface area contributed by atoms with Gasteiger partial charge in [-0.3, -0.25) is 9.69 Å². The van der Waals surface area contributed by atoms with Gasteiger partial charge in [-0.05, 0) is 13.0 Å². The molecule has 17 heavy (non-hydrogen) atoms. The van der Waals surface area contributed by atoms with Crippen molar-refractivity contribution in [2.75, 3.05) is 32.9 Å². The number of hydrogen-bond donors (Lipinski definition) is 1. The van der Waals surface area contributed by atoms with Crippen molar-refractivity contribution in [1.82, 2.24) is 14.8 Å². The van der Waals surface area contributed by atoms with Gasteiger partial charge in [0.1, 0.15) is 0 Å². The molecule has 0 aliphatic rings. The molecule has 0 spiro atoms. The van der Waals surface area contributed by atoms with Gasteiger partial charge in [0.15, 0.2) is 5.13 Å². The highest BCUT2D eigenvalue weighted by Gasteiger charge is 2.13. The summed E-state index contributed by atoms with van der Waals surface area (Å²) in [5, 5.41) is 0.579. The van der Waals surface area contributed by atoms with Gasteiger partial charge in [0.05, 0.1) is 6.54 Å². The molecule has 0 atom stereocenters. The predicted molar refractivity (Wildman–Crippen MR) is 70.8 cm³/mol. The summed E-state index contributed by atoms with van der Waals surface area (Å²) >= 11 is 1.48. The third-order valence-electron chi connectivity index (χ3n) is 2.35. The zero-order valence-electron chi connectivity index (χ0n) is 10.6. The average molecular weight is 256 g/mol. The van der Waals surface area contributed by atoms with Crippen LogP contribution in [0.25, 0.3) is 0 Å². The van der Waals surface area contributed by atoms with E-state index in [2.05, 4.69) is 16.8 Å². The number of likely N-dealkylation sites (N-methyl/N-ethyl adjacent to an activating group) is 1. The number of nitrogens with two attached hydrogens (primary N) is 1. The highest BCUT2D eigenvalue weighted by Crippen LogP contribution is 2.16. The molecule has 0 aliphatic heterocycles. The van der Waals surface area contributed by atoms with Gasteiger partial charge in [0, 0.05) is 31.7 Å². The zero-order valence-corrected chi connectivity index (χ0v) is 11.5. The standard InChI is InChI=1S/C11H20N4OS/c1-4-5-15(8-10(16)14(2)3)7-9-6-13-11(12)17-9/h6H,4-5,7-8H2,1-3H3,(H2,12,13). The van der Waals surface area contributed by atoms with Crippen LogP contribution in [0.3, 0.4) is 0 Å². The van der Waals surface area contributed by atoms with Gasteiger partial charge in [-0.15, -0.1) is 11.3 Å². The van der Waals surface area contributed by atoms with E-state index in [0.29, 0.717) is 11.7 Å². The molecule has 96 valence electrons. The molecule has 1 heterocycles. The van der Waals surface area contributed by atoms with Crippen molar-refractivity contribution in [2.24, 2.45) is 0 Å². The lowest BCUT2D eigenvalue weighted by molar-refractivity contribution is -0.130. The molecule has 0 radical (unpaired) electrons. The largest absolute Gasteiger partial charge is 0.375 e. The summed E-state index contributed by atoms with van der Waals surface area (Å²) in [6.07, 6.45) is 2.80. The van der Waals surface area contributed by atoms with Gasteiger partial charge in [-0.2, -0.15) is 0 Å². The number of nitrogen functional groups attached to an aromatic ring is 1. The van der Waals surface area contributed by atoms with Crippen LogP contribution in [-0.4, -0.2) is 47.9 Å². The molecular weight excluding hydrogens is 236 g/mol. The number of carbonyl (C=O) groups excluding carboxylic acids is 1. The maximum absolute atomic E-state index is 11.7. The zero-order chi connectivity index (χ0) is 12.8. The van der Waals surface area contributed by atoms with Crippen molar-refractivity contribution in [1.29, 1.82) is 0 Å². The summed E-state index contributed by atoms with van der Waals surface area (Å²) in [5.41, 5.74) is 5.59. The van der Waals surface area contributed by atoms with Gasteiger partial charge in [-0.25, -0.2) is 4.98 Å². The molecule has 0 unspecified atom stereocenters. The van der Waals surface area contributed by atoms with Crippen LogP contribution in [0.4, 0.5) is 5.13 Å². The topological polar surface area (TPSA) is 62.5 Å². The second-order valence-electron chi connectivity index (χ2n) is 4.16. The lowest BCUT2D eigenvalue weighted by Gasteiger charge is -2.22. The fraction of sp³-hybridized carbons (Fsp3) is 0.636. The van der Waals surface area contributed by atoms with E-state index in [4.69, 9.17) is 5.73 Å². The molecule has 0 aromatic carbocycles. The highest BCUT2D eigenvalue weighted by atomic mass is 32.1. The molecule has 0 saturated carbocycles. The minimum atomic E-state index is 0.121. The van der Waals surface area contributed by atoms with Crippen molar-refractivity contribution in [3.63, 3.8) is 0 Å². The van der Waals surface area contributed by atoms with Crippen molar-refractivity contribution < 1.29 is 4.79 Å². The Kier molecular flexibility index (Phi) is 5.37. The van der Waals surface area contributed by atoms with Crippen molar-refractivity contribution >= 4 is 22.4 Å². The number of thiazole rings is 1. The minimum Gasteiger partial charge on any atom is -0.375 e. The van der Waals surface area contributed by atoms with E-state index in [0.717, 1.165) is 24.4 Å². The molecular formula is C11H20N4OS. The van der Waals surface area contributed by atoms with E-state index < -0.39 is 0 Å². The summed E-state index contributed by atoms with van der Waals surface area (Å²) in [5.74, 6) is 0.121. The lowest BCUT2D eigenvalue weighted by Crippen LogP contribution is -2.36. The van der Waals surface area contributed by atoms with E-state index in [1.807, 2.05) is 0 Å². The number of carbonyl (C=O) groups is 1. The number of anilines is 1. The fourth-order valence-electron chi connectivity index (χ4n) is 1.48. The van der Waals surface area contributed by atoms with E-state index in [-0.39, 0.29) is 5.91 Å². The Morgan fingerprint density at radius 2 is 2.24 bits per heavy atom. The number of nitrogens with zero attached hydrogens (tertiary/aromatic N) is 3. The summed E-state index contributed by atoms with van der Waals surface area (Å²) in [6.45, 7) is 4.19. The Hall–Kier alpha value is -1.14. The van der Waals surface area contributed by atoms with E-state index in [9.17, 15) is 4.79 Å². The summed E-state index contributed by atoms with van der Waals surface area (Å²) in [7, 11) is 3.55. The molecule has 2 N–H and O–H groups in total. The third kappa shape index (κ3) is 4.70. The van der Waals surface area contributed by atoms with Gasteiger partial charge in [-0.1, -0.05) is 6.92 Å². The average Bonchev–Trinajstić information content (AvgIpc) is 2.64. The van der Waals surface area contributed by atoms with Crippen LogP contribution in [0, 0.1) is 0 Å². The van der Waals surface area contributed by atoms with Crippen LogP contribution < -0.4 is 5.73 Å². The second kappa shape index (κ2) is 6.56. The Balaban J connectivity index is 2.56. The minimum absolute atomic E-state index is 0.121. The Bertz CT molecular complexity index is 364. The van der Waals surface area contributed by atoms with E-state index >= 15 is 0 Å². The number of rotatable bonds is 6. The molecule has 1 rings (SSSR count). The maximum Gasteiger partial charge on any atom is 0.236 e. The van der Waals surface area contributed by atoms with Gasteiger partial charge < -0.3 is 10.6 Å². The Morgan fingerprint density at radius 1 is 1.53 bits per heavy atom. The first-order valence-electron chi connectivity index (χ1n) is 5.65. The summed E-state index contributed by atoms with van der Waals surface area (Å²) in [6, 6.07) is 0. The summed E-state index contributed by atoms with van der Waals surface area (Å²) in [4.78, 5) is 20.5. The SMILES string of the molecule is CCCN(CC(=O)N(C)C)Cc1cnc(N)s1. The second-order valence-corrected chi connectivity index (χ2v) is 5.31. The smallest absolute Gasteiger partial charge is 0.236 e. The first kappa shape index (κ1) is 13.9. The quantitative estimate of drug-likeness (QED) is 0.825. The molecule has 6 heteroatoms. The van der Waals surface area contributed by atoms with Crippen LogP contribution in [0.15, 0.2) is 6.20 Å². The lowest BCUT2D eigenvalue weighted by atomic mass is 10.3. The summed E-state index contributed by atoms with van der Waals surface area (Å²) < 4.78 is 0. The molecule has 5 nitrogen and oxygen atoms in total. The first-order chi connectivity index (χ1) is 8.02. The first-order valence-corrected chi connectivity index (χ1v) is 6.47. The van der Waals surface area contributed by atoms with Crippen molar-refractivity contribution in [3.05, 3.63) is 11.1 Å². The van der Waals surface area contributed by atoms with Crippen LogP contribution >= 0.6 is 11.3 Å². The van der Waals surface area contributed by atoms with Crippen LogP contribution in [-0.2, 0) is 11.3 Å². The fourth-order valence-corrected chi connectivity index (χ4v) is 2.21. The van der Waals surface area contributed by atoms with Gasteiger partial charge >= 0.3 is 0 Å². The maximum atomic E-state index is 11.7. The Morgan fingerprint density at radius 3 is 2.71 bits per heavy atom. The molecule has 0 aliphatic carbocycles. The van der Waals surface area contributed by atoms with Crippen molar-refractivity contribution in [2.45, 2.75) is 19.9 Å². The molecule has 1 aromatic rings. The van der Waals surface area contributed by atoms with E-state index in [1.165, 1.54) is 11.3 Å².